The van der Waals surface area contributed by atoms with E-state index in [0.29, 0.717) is 5.69 Å². The van der Waals surface area contributed by atoms with Gasteiger partial charge >= 0.3 is 0 Å². The van der Waals surface area contributed by atoms with Crippen molar-refractivity contribution in [3.63, 3.8) is 0 Å². The van der Waals surface area contributed by atoms with E-state index in [1.54, 1.807) is 0 Å². The standard InChI is InChI=1S/C15H15N5OS.2ClH/c21-15(12-9-20-6-5-16-4-3-14(20)19-12)18-11-1-2-13-10(7-11)8-17-22-13;;/h1-2,7-9,16H,3-6H2,(H,18,21);2*1H. The van der Waals surface area contributed by atoms with Crippen LogP contribution >= 0.6 is 36.3 Å². The number of carbonyl (C=O) groups is 1. The van der Waals surface area contributed by atoms with E-state index in [2.05, 4.69) is 24.6 Å². The Kier molecular flexibility index (Phi) is 6.17. The predicted octanol–water partition coefficient (Wildman–Crippen LogP) is 2.73. The SMILES string of the molecule is Cl.Cl.O=C(Nc1ccc2sncc2c1)c1cn2c(n1)CCNCC2. The van der Waals surface area contributed by atoms with Crippen LogP contribution in [0.2, 0.25) is 0 Å². The van der Waals surface area contributed by atoms with Gasteiger partial charge in [-0.1, -0.05) is 0 Å². The molecule has 0 bridgehead atoms. The lowest BCUT2D eigenvalue weighted by atomic mass is 10.2. The second kappa shape index (κ2) is 7.94. The van der Waals surface area contributed by atoms with Crippen molar-refractivity contribution in [2.45, 2.75) is 13.0 Å². The number of anilines is 1. The monoisotopic (exact) mass is 385 g/mol. The third kappa shape index (κ3) is 3.70. The third-order valence-electron chi connectivity index (χ3n) is 3.76. The summed E-state index contributed by atoms with van der Waals surface area (Å²) in [6, 6.07) is 5.79. The Labute approximate surface area is 155 Å². The Hall–Kier alpha value is -1.67. The first kappa shape index (κ1) is 18.7. The predicted molar refractivity (Wildman–Crippen MR) is 101 cm³/mol. The van der Waals surface area contributed by atoms with Gasteiger partial charge in [0.2, 0.25) is 0 Å². The summed E-state index contributed by atoms with van der Waals surface area (Å²) in [6.45, 7) is 2.66. The summed E-state index contributed by atoms with van der Waals surface area (Å²) in [6.07, 6.45) is 4.49. The van der Waals surface area contributed by atoms with Gasteiger partial charge in [-0.25, -0.2) is 4.98 Å². The smallest absolute Gasteiger partial charge is 0.275 e. The van der Waals surface area contributed by atoms with Crippen molar-refractivity contribution in [3.8, 4) is 0 Å². The lowest BCUT2D eigenvalue weighted by Gasteiger charge is -2.03. The van der Waals surface area contributed by atoms with E-state index in [-0.39, 0.29) is 30.7 Å². The van der Waals surface area contributed by atoms with Crippen LogP contribution in [0.4, 0.5) is 5.69 Å². The number of halogens is 2. The first-order chi connectivity index (χ1) is 10.8. The Balaban J connectivity index is 0.00000104. The van der Waals surface area contributed by atoms with Gasteiger partial charge in [-0.05, 0) is 29.7 Å². The Morgan fingerprint density at radius 1 is 1.29 bits per heavy atom. The number of hydrogen-bond donors (Lipinski definition) is 2. The fourth-order valence-corrected chi connectivity index (χ4v) is 3.25. The van der Waals surface area contributed by atoms with E-state index in [9.17, 15) is 4.79 Å². The number of nitrogens with zero attached hydrogens (tertiary/aromatic N) is 3. The number of fused-ring (bicyclic) bond motifs is 2. The van der Waals surface area contributed by atoms with Crippen molar-refractivity contribution in [1.82, 2.24) is 19.2 Å². The largest absolute Gasteiger partial charge is 0.333 e. The summed E-state index contributed by atoms with van der Waals surface area (Å²) >= 11 is 1.45. The highest BCUT2D eigenvalue weighted by atomic mass is 35.5. The lowest BCUT2D eigenvalue weighted by Crippen LogP contribution is -2.18. The molecule has 3 heterocycles. The van der Waals surface area contributed by atoms with Crippen LogP contribution in [-0.4, -0.2) is 32.9 Å². The van der Waals surface area contributed by atoms with Gasteiger partial charge in [0, 0.05) is 49.5 Å². The summed E-state index contributed by atoms with van der Waals surface area (Å²) < 4.78 is 7.31. The number of carbonyl (C=O) groups excluding carboxylic acids is 1. The zero-order chi connectivity index (χ0) is 14.9. The molecule has 1 aliphatic rings. The van der Waals surface area contributed by atoms with Crippen LogP contribution in [-0.2, 0) is 13.0 Å². The van der Waals surface area contributed by atoms with Crippen molar-refractivity contribution in [2.75, 3.05) is 18.4 Å². The van der Waals surface area contributed by atoms with Gasteiger partial charge in [0.1, 0.15) is 11.5 Å². The number of rotatable bonds is 2. The molecule has 0 unspecified atom stereocenters. The molecule has 2 N–H and O–H groups in total. The highest BCUT2D eigenvalue weighted by Crippen LogP contribution is 2.22. The molecule has 1 amide bonds. The van der Waals surface area contributed by atoms with E-state index in [4.69, 9.17) is 0 Å². The van der Waals surface area contributed by atoms with E-state index in [0.717, 1.165) is 47.7 Å². The topological polar surface area (TPSA) is 71.8 Å². The number of hydrogen-bond acceptors (Lipinski definition) is 5. The van der Waals surface area contributed by atoms with E-state index in [1.807, 2.05) is 30.6 Å². The zero-order valence-corrected chi connectivity index (χ0v) is 15.1. The van der Waals surface area contributed by atoms with E-state index >= 15 is 0 Å². The molecule has 0 fully saturated rings. The minimum absolute atomic E-state index is 0. The molecule has 0 radical (unpaired) electrons. The normalized spacial score (nSPS) is 13.3. The maximum absolute atomic E-state index is 12.4. The molecule has 4 rings (SSSR count). The van der Waals surface area contributed by atoms with Gasteiger partial charge in [-0.15, -0.1) is 24.8 Å². The second-order valence-electron chi connectivity index (χ2n) is 5.27. The summed E-state index contributed by atoms with van der Waals surface area (Å²) in [4.78, 5) is 16.8. The molecule has 0 spiro atoms. The number of aromatic nitrogens is 3. The van der Waals surface area contributed by atoms with Crippen LogP contribution in [0.3, 0.4) is 0 Å². The van der Waals surface area contributed by atoms with E-state index in [1.165, 1.54) is 11.5 Å². The fraction of sp³-hybridized carbons (Fsp3) is 0.267. The van der Waals surface area contributed by atoms with Crippen molar-refractivity contribution < 1.29 is 4.79 Å². The molecule has 1 aliphatic heterocycles. The molecule has 0 saturated heterocycles. The van der Waals surface area contributed by atoms with Crippen molar-refractivity contribution >= 4 is 58.0 Å². The van der Waals surface area contributed by atoms with Gasteiger partial charge in [-0.3, -0.25) is 4.79 Å². The first-order valence-corrected chi connectivity index (χ1v) is 7.99. The summed E-state index contributed by atoms with van der Waals surface area (Å²) in [5.74, 6) is 0.795. The molecular formula is C15H17Cl2N5OS. The average Bonchev–Trinajstić information content (AvgIpc) is 3.09. The Morgan fingerprint density at radius 2 is 2.17 bits per heavy atom. The number of imidazole rings is 1. The number of nitrogens with one attached hydrogen (secondary N) is 2. The minimum atomic E-state index is -0.170. The number of amides is 1. The minimum Gasteiger partial charge on any atom is -0.333 e. The Bertz CT molecular complexity index is 824. The summed E-state index contributed by atoms with van der Waals surface area (Å²) in [7, 11) is 0. The molecule has 0 aliphatic carbocycles. The van der Waals surface area contributed by atoms with Gasteiger partial charge in [-0.2, -0.15) is 4.37 Å². The molecule has 1 aromatic carbocycles. The molecule has 3 aromatic rings. The first-order valence-electron chi connectivity index (χ1n) is 7.22. The van der Waals surface area contributed by atoms with Gasteiger partial charge in [0.25, 0.3) is 5.91 Å². The van der Waals surface area contributed by atoms with Crippen LogP contribution in [0.5, 0.6) is 0 Å². The summed E-state index contributed by atoms with van der Waals surface area (Å²) in [5.41, 5.74) is 1.24. The summed E-state index contributed by atoms with van der Waals surface area (Å²) in [5, 5.41) is 7.26. The lowest BCUT2D eigenvalue weighted by molar-refractivity contribution is 0.102. The quantitative estimate of drug-likeness (QED) is 0.711. The maximum atomic E-state index is 12.4. The molecular weight excluding hydrogens is 369 g/mol. The van der Waals surface area contributed by atoms with Crippen LogP contribution in [0.25, 0.3) is 10.1 Å². The van der Waals surface area contributed by atoms with Crippen molar-refractivity contribution in [1.29, 1.82) is 0 Å². The van der Waals surface area contributed by atoms with Crippen molar-refractivity contribution in [3.05, 3.63) is 42.1 Å². The Morgan fingerprint density at radius 3 is 3.04 bits per heavy atom. The molecule has 6 nitrogen and oxygen atoms in total. The fourth-order valence-electron chi connectivity index (χ4n) is 2.63. The maximum Gasteiger partial charge on any atom is 0.275 e. The molecule has 0 atom stereocenters. The van der Waals surface area contributed by atoms with Crippen LogP contribution in [0, 0.1) is 0 Å². The number of benzene rings is 1. The highest BCUT2D eigenvalue weighted by molar-refractivity contribution is 7.13. The van der Waals surface area contributed by atoms with Gasteiger partial charge < -0.3 is 15.2 Å². The average molecular weight is 386 g/mol. The van der Waals surface area contributed by atoms with Crippen LogP contribution in [0.1, 0.15) is 16.3 Å². The molecule has 9 heteroatoms. The third-order valence-corrected chi connectivity index (χ3v) is 4.54. The molecule has 24 heavy (non-hydrogen) atoms. The van der Waals surface area contributed by atoms with Gasteiger partial charge in [0.15, 0.2) is 0 Å². The van der Waals surface area contributed by atoms with Crippen LogP contribution < -0.4 is 10.6 Å². The van der Waals surface area contributed by atoms with Crippen LogP contribution in [0.15, 0.2) is 30.6 Å². The highest BCUT2D eigenvalue weighted by Gasteiger charge is 2.16. The van der Waals surface area contributed by atoms with E-state index < -0.39 is 0 Å². The van der Waals surface area contributed by atoms with Crippen molar-refractivity contribution in [2.24, 2.45) is 0 Å². The van der Waals surface area contributed by atoms with Gasteiger partial charge in [0.05, 0.1) is 4.70 Å². The molecule has 0 saturated carbocycles. The molecule has 2 aromatic heterocycles. The second-order valence-corrected chi connectivity index (χ2v) is 6.10. The zero-order valence-electron chi connectivity index (χ0n) is 12.7. The molecule has 128 valence electrons.